The molecule has 0 bridgehead atoms. The number of carbonyl (C=O) groups is 1. The van der Waals surface area contributed by atoms with Gasteiger partial charge in [0, 0.05) is 0 Å². The van der Waals surface area contributed by atoms with Gasteiger partial charge in [-0.2, -0.15) is 0 Å². The van der Waals surface area contributed by atoms with E-state index in [1.807, 2.05) is 30.3 Å². The number of allylic oxidation sites excluding steroid dienone is 1. The van der Waals surface area contributed by atoms with Crippen LogP contribution in [0.2, 0.25) is 0 Å². The average molecular weight is 467 g/mol. The minimum atomic E-state index is -0.384. The summed E-state index contributed by atoms with van der Waals surface area (Å²) in [5.74, 6) is 2.49. The van der Waals surface area contributed by atoms with Crippen LogP contribution < -0.4 is 14.2 Å². The molecule has 34 heavy (non-hydrogen) atoms. The van der Waals surface area contributed by atoms with Crippen molar-refractivity contribution in [3.8, 4) is 17.2 Å². The van der Waals surface area contributed by atoms with Gasteiger partial charge in [-0.1, -0.05) is 58.4 Å². The lowest BCUT2D eigenvalue weighted by molar-refractivity contribution is 0.0734. The Morgan fingerprint density at radius 2 is 1.32 bits per heavy atom. The number of hydrogen-bond donors (Lipinski definition) is 0. The van der Waals surface area contributed by atoms with E-state index in [0.29, 0.717) is 24.5 Å². The van der Waals surface area contributed by atoms with E-state index in [1.54, 1.807) is 24.3 Å². The van der Waals surface area contributed by atoms with Gasteiger partial charge in [-0.3, -0.25) is 0 Å². The molecule has 1 atom stereocenters. The molecule has 186 valence electrons. The lowest BCUT2D eigenvalue weighted by Crippen LogP contribution is -2.08. The molecular formula is C30H42O4. The number of unbranched alkanes of at least 4 members (excludes halogenated alkanes) is 6. The molecule has 0 amide bonds. The standard InChI is InChI=1S/C30H42O4/c1-4-6-7-8-9-12-23-33-28-19-21-29(22-20-28)34-30(31)26-15-17-27(18-16-26)32-24-13-10-11-14-25(3)5-2/h4,15-22,25H,1,5-14,23-24H2,2-3H3/t25-/m0/s1. The molecular weight excluding hydrogens is 424 g/mol. The SMILES string of the molecule is C=CCCCCCCOc1ccc(OC(=O)c2ccc(OCCCCC[C@@H](C)CC)cc2)cc1. The summed E-state index contributed by atoms with van der Waals surface area (Å²) in [5, 5.41) is 0. The van der Waals surface area contributed by atoms with E-state index >= 15 is 0 Å². The molecule has 0 heterocycles. The Morgan fingerprint density at radius 1 is 0.794 bits per heavy atom. The molecule has 2 aromatic carbocycles. The summed E-state index contributed by atoms with van der Waals surface area (Å²) >= 11 is 0. The maximum absolute atomic E-state index is 12.4. The van der Waals surface area contributed by atoms with Crippen molar-refractivity contribution in [2.24, 2.45) is 5.92 Å². The molecule has 2 aromatic rings. The Balaban J connectivity index is 1.65. The zero-order valence-corrected chi connectivity index (χ0v) is 21.1. The molecule has 0 spiro atoms. The third-order valence-corrected chi connectivity index (χ3v) is 6.00. The van der Waals surface area contributed by atoms with Crippen molar-refractivity contribution < 1.29 is 19.0 Å². The first-order chi connectivity index (χ1) is 16.6. The number of hydrogen-bond acceptors (Lipinski definition) is 4. The Labute approximate surface area is 206 Å². The first kappa shape index (κ1) is 27.5. The largest absolute Gasteiger partial charge is 0.494 e. The zero-order chi connectivity index (χ0) is 24.4. The van der Waals surface area contributed by atoms with Crippen molar-refractivity contribution in [3.05, 3.63) is 66.7 Å². The molecule has 0 unspecified atom stereocenters. The number of ether oxygens (including phenoxy) is 3. The predicted molar refractivity (Wildman–Crippen MR) is 140 cm³/mol. The van der Waals surface area contributed by atoms with Crippen molar-refractivity contribution >= 4 is 5.97 Å². The third kappa shape index (κ3) is 11.4. The fourth-order valence-corrected chi connectivity index (χ4v) is 3.56. The maximum Gasteiger partial charge on any atom is 0.343 e. The minimum absolute atomic E-state index is 0.384. The van der Waals surface area contributed by atoms with Crippen molar-refractivity contribution in [1.29, 1.82) is 0 Å². The Bertz CT molecular complexity index is 811. The van der Waals surface area contributed by atoms with Gasteiger partial charge >= 0.3 is 5.97 Å². The van der Waals surface area contributed by atoms with Crippen LogP contribution in [0.3, 0.4) is 0 Å². The Morgan fingerprint density at radius 3 is 1.91 bits per heavy atom. The second-order valence-electron chi connectivity index (χ2n) is 8.94. The smallest absolute Gasteiger partial charge is 0.343 e. The minimum Gasteiger partial charge on any atom is -0.494 e. The average Bonchev–Trinajstić information content (AvgIpc) is 2.86. The summed E-state index contributed by atoms with van der Waals surface area (Å²) in [7, 11) is 0. The van der Waals surface area contributed by atoms with Crippen molar-refractivity contribution in [2.75, 3.05) is 13.2 Å². The van der Waals surface area contributed by atoms with Crippen LogP contribution in [0.5, 0.6) is 17.2 Å². The highest BCUT2D eigenvalue weighted by Gasteiger charge is 2.09. The van der Waals surface area contributed by atoms with Gasteiger partial charge < -0.3 is 14.2 Å². The Kier molecular flexibility index (Phi) is 13.6. The van der Waals surface area contributed by atoms with E-state index in [2.05, 4.69) is 20.4 Å². The first-order valence-corrected chi connectivity index (χ1v) is 12.9. The molecule has 0 radical (unpaired) electrons. The molecule has 0 fully saturated rings. The lowest BCUT2D eigenvalue weighted by Gasteiger charge is -2.10. The van der Waals surface area contributed by atoms with Gasteiger partial charge in [-0.05, 0) is 80.1 Å². The lowest BCUT2D eigenvalue weighted by atomic mass is 10.0. The molecule has 0 aliphatic carbocycles. The molecule has 0 aliphatic heterocycles. The molecule has 0 N–H and O–H groups in total. The highest BCUT2D eigenvalue weighted by molar-refractivity contribution is 5.91. The summed E-state index contributed by atoms with van der Waals surface area (Å²) in [6, 6.07) is 14.3. The molecule has 4 nitrogen and oxygen atoms in total. The van der Waals surface area contributed by atoms with E-state index in [4.69, 9.17) is 14.2 Å². The van der Waals surface area contributed by atoms with Crippen LogP contribution in [0.15, 0.2) is 61.2 Å². The molecule has 0 aromatic heterocycles. The number of rotatable bonds is 18. The van der Waals surface area contributed by atoms with Crippen LogP contribution in [-0.4, -0.2) is 19.2 Å². The maximum atomic E-state index is 12.4. The summed E-state index contributed by atoms with van der Waals surface area (Å²) in [5.41, 5.74) is 0.498. The fourth-order valence-electron chi connectivity index (χ4n) is 3.56. The summed E-state index contributed by atoms with van der Waals surface area (Å²) in [6.07, 6.45) is 13.7. The van der Waals surface area contributed by atoms with Gasteiger partial charge in [-0.25, -0.2) is 4.79 Å². The molecule has 0 saturated carbocycles. The van der Waals surface area contributed by atoms with Crippen molar-refractivity contribution in [1.82, 2.24) is 0 Å². The number of benzene rings is 2. The molecule has 2 rings (SSSR count). The van der Waals surface area contributed by atoms with E-state index < -0.39 is 0 Å². The van der Waals surface area contributed by atoms with Gasteiger partial charge in [-0.15, -0.1) is 6.58 Å². The van der Waals surface area contributed by atoms with Gasteiger partial charge in [0.05, 0.1) is 18.8 Å². The normalized spacial score (nSPS) is 11.6. The van der Waals surface area contributed by atoms with Crippen molar-refractivity contribution in [2.45, 2.75) is 78.1 Å². The van der Waals surface area contributed by atoms with Crippen molar-refractivity contribution in [3.63, 3.8) is 0 Å². The number of esters is 1. The van der Waals surface area contributed by atoms with Crippen LogP contribution in [0.4, 0.5) is 0 Å². The topological polar surface area (TPSA) is 44.8 Å². The molecule has 4 heteroatoms. The fraction of sp³-hybridized carbons (Fsp3) is 0.500. The first-order valence-electron chi connectivity index (χ1n) is 12.9. The van der Waals surface area contributed by atoms with Crippen LogP contribution in [-0.2, 0) is 0 Å². The highest BCUT2D eigenvalue weighted by Crippen LogP contribution is 2.20. The Hall–Kier alpha value is -2.75. The van der Waals surface area contributed by atoms with Crippen LogP contribution in [0, 0.1) is 5.92 Å². The molecule has 0 saturated heterocycles. The summed E-state index contributed by atoms with van der Waals surface area (Å²) in [6.45, 7) is 9.69. The third-order valence-electron chi connectivity index (χ3n) is 6.00. The van der Waals surface area contributed by atoms with Gasteiger partial charge in [0.1, 0.15) is 17.2 Å². The van der Waals surface area contributed by atoms with Gasteiger partial charge in [0.2, 0.25) is 0 Å². The number of carbonyl (C=O) groups excluding carboxylic acids is 1. The van der Waals surface area contributed by atoms with E-state index in [9.17, 15) is 4.79 Å². The predicted octanol–water partition coefficient (Wildman–Crippen LogP) is 8.41. The second kappa shape index (κ2) is 16.8. The summed E-state index contributed by atoms with van der Waals surface area (Å²) in [4.78, 5) is 12.4. The summed E-state index contributed by atoms with van der Waals surface area (Å²) < 4.78 is 17.1. The van der Waals surface area contributed by atoms with E-state index in [1.165, 1.54) is 38.5 Å². The molecule has 0 aliphatic rings. The van der Waals surface area contributed by atoms with Gasteiger partial charge in [0.25, 0.3) is 0 Å². The van der Waals surface area contributed by atoms with E-state index in [0.717, 1.165) is 43.1 Å². The van der Waals surface area contributed by atoms with Crippen LogP contribution in [0.25, 0.3) is 0 Å². The quantitative estimate of drug-likeness (QED) is 0.0957. The van der Waals surface area contributed by atoms with Gasteiger partial charge in [0.15, 0.2) is 0 Å². The zero-order valence-electron chi connectivity index (χ0n) is 21.1. The second-order valence-corrected chi connectivity index (χ2v) is 8.94. The van der Waals surface area contributed by atoms with E-state index in [-0.39, 0.29) is 5.97 Å². The van der Waals surface area contributed by atoms with Crippen LogP contribution in [0.1, 0.15) is 88.4 Å². The highest BCUT2D eigenvalue weighted by atomic mass is 16.5. The van der Waals surface area contributed by atoms with Crippen LogP contribution >= 0.6 is 0 Å². The monoisotopic (exact) mass is 466 g/mol.